The van der Waals surface area contributed by atoms with Crippen LogP contribution in [0.15, 0.2) is 0 Å². The van der Waals surface area contributed by atoms with Crippen molar-refractivity contribution in [1.82, 2.24) is 10.2 Å². The average Bonchev–Trinajstić information content (AvgIpc) is 2.47. The molecule has 0 aromatic heterocycles. The van der Waals surface area contributed by atoms with Crippen LogP contribution in [0.1, 0.15) is 58.3 Å². The number of halogens is 1. The Kier molecular flexibility index (Phi) is 7.90. The Bertz CT molecular complexity index is 284. The molecule has 1 aliphatic heterocycles. The summed E-state index contributed by atoms with van der Waals surface area (Å²) in [4.78, 5) is 14.4. The maximum absolute atomic E-state index is 12.4. The fourth-order valence-corrected chi connectivity index (χ4v) is 3.62. The minimum Gasteiger partial charge on any atom is -0.343 e. The Morgan fingerprint density at radius 1 is 1.05 bits per heavy atom. The van der Waals surface area contributed by atoms with Gasteiger partial charge < -0.3 is 10.2 Å². The van der Waals surface area contributed by atoms with E-state index < -0.39 is 0 Å². The summed E-state index contributed by atoms with van der Waals surface area (Å²) < 4.78 is 0. The number of hydrogen-bond acceptors (Lipinski definition) is 2. The number of rotatable bonds is 4. The van der Waals surface area contributed by atoms with Crippen molar-refractivity contribution in [2.45, 2.75) is 64.3 Å². The van der Waals surface area contributed by atoms with Crippen molar-refractivity contribution < 1.29 is 4.79 Å². The van der Waals surface area contributed by atoms with E-state index in [2.05, 4.69) is 17.1 Å². The molecular formula is C16H31ClN2O. The zero-order chi connectivity index (χ0) is 13.7. The predicted molar refractivity (Wildman–Crippen MR) is 86.3 cm³/mol. The maximum Gasteiger partial charge on any atom is 0.222 e. The first kappa shape index (κ1) is 17.8. The number of nitrogens with zero attached hydrogens (tertiary/aromatic N) is 1. The van der Waals surface area contributed by atoms with Crippen molar-refractivity contribution in [3.8, 4) is 0 Å². The third-order valence-corrected chi connectivity index (χ3v) is 5.26. The van der Waals surface area contributed by atoms with Crippen molar-refractivity contribution in [3.63, 3.8) is 0 Å². The lowest BCUT2D eigenvalue weighted by Crippen LogP contribution is -2.41. The van der Waals surface area contributed by atoms with Gasteiger partial charge >= 0.3 is 0 Å². The maximum atomic E-state index is 12.4. The summed E-state index contributed by atoms with van der Waals surface area (Å²) >= 11 is 0. The van der Waals surface area contributed by atoms with Gasteiger partial charge in [-0.3, -0.25) is 4.79 Å². The SMILES string of the molecule is CCC1CCC(N(C)C(=O)CC2CCNCC2)CC1.Cl. The highest BCUT2D eigenvalue weighted by atomic mass is 35.5. The van der Waals surface area contributed by atoms with E-state index in [1.807, 2.05) is 7.05 Å². The monoisotopic (exact) mass is 302 g/mol. The molecule has 0 spiro atoms. The highest BCUT2D eigenvalue weighted by Crippen LogP contribution is 2.29. The Morgan fingerprint density at radius 3 is 2.20 bits per heavy atom. The van der Waals surface area contributed by atoms with Crippen LogP contribution in [0.3, 0.4) is 0 Å². The van der Waals surface area contributed by atoms with Gasteiger partial charge in [-0.15, -0.1) is 12.4 Å². The molecule has 2 fully saturated rings. The Morgan fingerprint density at radius 2 is 1.65 bits per heavy atom. The molecule has 0 aromatic rings. The molecule has 1 saturated carbocycles. The van der Waals surface area contributed by atoms with Crippen LogP contribution in [0.25, 0.3) is 0 Å². The standard InChI is InChI=1S/C16H30N2O.ClH/c1-3-13-4-6-15(7-5-13)18(2)16(19)12-14-8-10-17-11-9-14;/h13-15,17H,3-12H2,1-2H3;1H. The lowest BCUT2D eigenvalue weighted by molar-refractivity contribution is -0.134. The summed E-state index contributed by atoms with van der Waals surface area (Å²) in [6, 6.07) is 0.511. The molecule has 0 unspecified atom stereocenters. The summed E-state index contributed by atoms with van der Waals surface area (Å²) in [7, 11) is 2.03. The largest absolute Gasteiger partial charge is 0.343 e. The predicted octanol–water partition coefficient (Wildman–Crippen LogP) is 3.23. The van der Waals surface area contributed by atoms with E-state index in [0.29, 0.717) is 17.9 Å². The molecule has 1 N–H and O–H groups in total. The molecule has 3 nitrogen and oxygen atoms in total. The van der Waals surface area contributed by atoms with Crippen LogP contribution in [-0.2, 0) is 4.79 Å². The van der Waals surface area contributed by atoms with Gasteiger partial charge in [-0.25, -0.2) is 0 Å². The number of carbonyl (C=O) groups is 1. The molecule has 1 heterocycles. The normalized spacial score (nSPS) is 27.7. The van der Waals surface area contributed by atoms with Gasteiger partial charge in [-0.05, 0) is 63.5 Å². The Labute approximate surface area is 130 Å². The molecule has 4 heteroatoms. The fraction of sp³-hybridized carbons (Fsp3) is 0.938. The summed E-state index contributed by atoms with van der Waals surface area (Å²) in [5.41, 5.74) is 0. The number of amides is 1. The lowest BCUT2D eigenvalue weighted by atomic mass is 9.84. The van der Waals surface area contributed by atoms with Gasteiger partial charge in [0, 0.05) is 19.5 Å². The third-order valence-electron chi connectivity index (χ3n) is 5.26. The summed E-state index contributed by atoms with van der Waals surface area (Å²) in [5.74, 6) is 1.90. The van der Waals surface area contributed by atoms with Crippen molar-refractivity contribution in [3.05, 3.63) is 0 Å². The lowest BCUT2D eigenvalue weighted by Gasteiger charge is -2.35. The molecule has 2 rings (SSSR count). The fourth-order valence-electron chi connectivity index (χ4n) is 3.62. The number of hydrogen-bond donors (Lipinski definition) is 1. The molecule has 1 amide bonds. The molecular weight excluding hydrogens is 272 g/mol. The zero-order valence-corrected chi connectivity index (χ0v) is 13.9. The van der Waals surface area contributed by atoms with Crippen molar-refractivity contribution >= 4 is 18.3 Å². The number of carbonyl (C=O) groups excluding carboxylic acids is 1. The first-order chi connectivity index (χ1) is 9.20. The molecule has 1 saturated heterocycles. The van der Waals surface area contributed by atoms with Gasteiger partial charge in [0.2, 0.25) is 5.91 Å². The van der Waals surface area contributed by atoms with E-state index >= 15 is 0 Å². The van der Waals surface area contributed by atoms with Crippen molar-refractivity contribution in [1.29, 1.82) is 0 Å². The molecule has 0 bridgehead atoms. The molecule has 1 aliphatic carbocycles. The quantitative estimate of drug-likeness (QED) is 0.865. The first-order valence-electron chi connectivity index (χ1n) is 8.17. The molecule has 0 atom stereocenters. The summed E-state index contributed by atoms with van der Waals surface area (Å²) in [5, 5.41) is 3.37. The van der Waals surface area contributed by atoms with Crippen LogP contribution < -0.4 is 5.32 Å². The molecule has 2 aliphatic rings. The van der Waals surface area contributed by atoms with Gasteiger partial charge in [0.15, 0.2) is 0 Å². The molecule has 118 valence electrons. The van der Waals surface area contributed by atoms with Gasteiger partial charge in [0.05, 0.1) is 0 Å². The van der Waals surface area contributed by atoms with Crippen LogP contribution in [0.4, 0.5) is 0 Å². The minimum atomic E-state index is 0. The van der Waals surface area contributed by atoms with Gasteiger partial charge in [-0.2, -0.15) is 0 Å². The topological polar surface area (TPSA) is 32.3 Å². The van der Waals surface area contributed by atoms with Gasteiger partial charge in [0.1, 0.15) is 0 Å². The van der Waals surface area contributed by atoms with E-state index in [4.69, 9.17) is 0 Å². The zero-order valence-electron chi connectivity index (χ0n) is 13.1. The van der Waals surface area contributed by atoms with E-state index in [1.165, 1.54) is 44.9 Å². The molecule has 20 heavy (non-hydrogen) atoms. The van der Waals surface area contributed by atoms with Crippen LogP contribution >= 0.6 is 12.4 Å². The van der Waals surface area contributed by atoms with E-state index in [9.17, 15) is 4.79 Å². The number of nitrogens with one attached hydrogen (secondary N) is 1. The van der Waals surface area contributed by atoms with E-state index in [0.717, 1.165) is 25.4 Å². The second kappa shape index (κ2) is 8.89. The van der Waals surface area contributed by atoms with Crippen LogP contribution in [0.2, 0.25) is 0 Å². The molecule has 0 radical (unpaired) electrons. The van der Waals surface area contributed by atoms with E-state index in [1.54, 1.807) is 0 Å². The first-order valence-corrected chi connectivity index (χ1v) is 8.17. The van der Waals surface area contributed by atoms with Gasteiger partial charge in [-0.1, -0.05) is 13.3 Å². The third kappa shape index (κ3) is 4.92. The Hall–Kier alpha value is -0.280. The van der Waals surface area contributed by atoms with Gasteiger partial charge in [0.25, 0.3) is 0 Å². The number of piperidine rings is 1. The Balaban J connectivity index is 0.00000200. The second-order valence-electron chi connectivity index (χ2n) is 6.48. The van der Waals surface area contributed by atoms with E-state index in [-0.39, 0.29) is 12.4 Å². The highest BCUT2D eigenvalue weighted by molar-refractivity contribution is 5.85. The summed E-state index contributed by atoms with van der Waals surface area (Å²) in [6.07, 6.45) is 9.47. The van der Waals surface area contributed by atoms with Crippen LogP contribution in [0, 0.1) is 11.8 Å². The average molecular weight is 303 g/mol. The van der Waals surface area contributed by atoms with Crippen molar-refractivity contribution in [2.75, 3.05) is 20.1 Å². The minimum absolute atomic E-state index is 0. The molecule has 0 aromatic carbocycles. The highest BCUT2D eigenvalue weighted by Gasteiger charge is 2.27. The van der Waals surface area contributed by atoms with Crippen LogP contribution in [-0.4, -0.2) is 37.0 Å². The summed E-state index contributed by atoms with van der Waals surface area (Å²) in [6.45, 7) is 4.46. The van der Waals surface area contributed by atoms with Crippen molar-refractivity contribution in [2.24, 2.45) is 11.8 Å². The van der Waals surface area contributed by atoms with Crippen LogP contribution in [0.5, 0.6) is 0 Å². The second-order valence-corrected chi connectivity index (χ2v) is 6.48. The smallest absolute Gasteiger partial charge is 0.222 e.